The number of hydrogen-bond acceptors (Lipinski definition) is 20. The second-order valence-electron chi connectivity index (χ2n) is 21.7. The van der Waals surface area contributed by atoms with E-state index in [1.54, 1.807) is 19.1 Å². The molecule has 4 aliphatic heterocycles. The highest BCUT2D eigenvalue weighted by atomic mass is 28.3. The van der Waals surface area contributed by atoms with E-state index in [4.69, 9.17) is 61.6 Å². The first kappa shape index (κ1) is 61.8. The monoisotopic (exact) mass is 1160 g/mol. The fourth-order valence-electron chi connectivity index (χ4n) is 10.3. The number of benzene rings is 4. The van der Waals surface area contributed by atoms with Gasteiger partial charge in [-0.25, -0.2) is 0 Å². The van der Waals surface area contributed by atoms with E-state index in [1.165, 1.54) is 19.1 Å². The molecule has 4 aromatic carbocycles. The van der Waals surface area contributed by atoms with E-state index in [-0.39, 0.29) is 50.8 Å². The van der Waals surface area contributed by atoms with Crippen LogP contribution in [-0.2, 0) is 101 Å². The molecule has 0 saturated carbocycles. The van der Waals surface area contributed by atoms with Crippen LogP contribution in [0.25, 0.3) is 0 Å². The molecule has 3 fully saturated rings. The molecule has 4 heterocycles. The summed E-state index contributed by atoms with van der Waals surface area (Å²) in [6.45, 7) is 12.5. The highest BCUT2D eigenvalue weighted by molar-refractivity contribution is 6.76. The molecule has 8 rings (SSSR count). The fourth-order valence-corrected chi connectivity index (χ4v) is 11.0. The molecule has 3 saturated heterocycles. The molecule has 2 amide bonds. The van der Waals surface area contributed by atoms with Crippen LogP contribution in [0.4, 0.5) is 0 Å². The number of nitrogens with zero attached hydrogens (tertiary/aromatic N) is 1. The zero-order valence-corrected chi connectivity index (χ0v) is 48.2. The lowest BCUT2D eigenvalue weighted by Crippen LogP contribution is -2.70. The Morgan fingerprint density at radius 2 is 0.939 bits per heavy atom. The minimum Gasteiger partial charge on any atom is -0.457 e. The minimum absolute atomic E-state index is 0.00145. The van der Waals surface area contributed by atoms with Gasteiger partial charge in [-0.1, -0.05) is 123 Å². The van der Waals surface area contributed by atoms with Crippen molar-refractivity contribution in [1.82, 2.24) is 4.90 Å². The Hall–Kier alpha value is -6.28. The predicted octanol–water partition coefficient (Wildman–Crippen LogP) is 6.08. The summed E-state index contributed by atoms with van der Waals surface area (Å²) in [5.41, 5.74) is 2.36. The SMILES string of the molecule is CC(=O)O[C@H]1[C@@H](OC(C)=O)[C@@H](COCc2ccccc2)O[C@@H](O[C@H]2[C@H](O)[C@@H](N3C(=O)c4ccccc4C3=O)[C@H](O[C@H]3[C@H](OCc4ccccc4)[C@H](OCC[Si](C)(C)C)O[C@@H](C)[C@H]3OC(C)=O)O[C@@H]2COCc2ccccc2)[C@@H]1OC(C)=O. The molecule has 1 N–H and O–H groups in total. The highest BCUT2D eigenvalue weighted by Gasteiger charge is 2.60. The van der Waals surface area contributed by atoms with Gasteiger partial charge in [-0.05, 0) is 41.8 Å². The van der Waals surface area contributed by atoms with Crippen LogP contribution in [-0.4, -0.2) is 166 Å². The molecule has 22 heteroatoms. The molecular formula is C60H73NO20Si. The van der Waals surface area contributed by atoms with Gasteiger partial charge in [0.1, 0.15) is 42.7 Å². The normalized spacial score (nSPS) is 29.1. The van der Waals surface area contributed by atoms with Crippen molar-refractivity contribution in [3.05, 3.63) is 143 Å². The zero-order valence-electron chi connectivity index (χ0n) is 47.2. The summed E-state index contributed by atoms with van der Waals surface area (Å²) >= 11 is 0. The van der Waals surface area contributed by atoms with Crippen molar-refractivity contribution < 1.29 is 95.5 Å². The number of imide groups is 1. The number of amides is 2. The molecule has 0 spiro atoms. The Balaban J connectivity index is 1.23. The van der Waals surface area contributed by atoms with Crippen LogP contribution in [0.2, 0.25) is 25.7 Å². The molecule has 0 radical (unpaired) electrons. The van der Waals surface area contributed by atoms with Gasteiger partial charge >= 0.3 is 23.9 Å². The highest BCUT2D eigenvalue weighted by Crippen LogP contribution is 2.40. The number of carbonyl (C=O) groups is 6. The maximum Gasteiger partial charge on any atom is 0.303 e. The molecule has 0 bridgehead atoms. The van der Waals surface area contributed by atoms with Crippen LogP contribution in [0.1, 0.15) is 72.0 Å². The smallest absolute Gasteiger partial charge is 0.303 e. The van der Waals surface area contributed by atoms with Crippen molar-refractivity contribution in [3.63, 3.8) is 0 Å². The summed E-state index contributed by atoms with van der Waals surface area (Å²) < 4.78 is 82.9. The van der Waals surface area contributed by atoms with Crippen molar-refractivity contribution in [2.45, 2.75) is 172 Å². The fraction of sp³-hybridized carbons (Fsp3) is 0.500. The lowest BCUT2D eigenvalue weighted by molar-refractivity contribution is -0.373. The van der Waals surface area contributed by atoms with E-state index in [0.29, 0.717) is 0 Å². The predicted molar refractivity (Wildman–Crippen MR) is 292 cm³/mol. The van der Waals surface area contributed by atoms with Crippen molar-refractivity contribution in [2.24, 2.45) is 0 Å². The number of aliphatic hydroxyl groups is 1. The molecule has 82 heavy (non-hydrogen) atoms. The summed E-state index contributed by atoms with van der Waals surface area (Å²) in [6.07, 6.45) is -20.7. The molecule has 0 aliphatic carbocycles. The van der Waals surface area contributed by atoms with Gasteiger partial charge in [-0.15, -0.1) is 0 Å². The Morgan fingerprint density at radius 3 is 1.45 bits per heavy atom. The number of rotatable bonds is 24. The first-order valence-electron chi connectivity index (χ1n) is 27.4. The van der Waals surface area contributed by atoms with Crippen LogP contribution >= 0.6 is 0 Å². The number of esters is 4. The lowest BCUT2D eigenvalue weighted by Gasteiger charge is -2.51. The van der Waals surface area contributed by atoms with Crippen LogP contribution in [0.15, 0.2) is 115 Å². The molecular weight excluding hydrogens is 1080 g/mol. The van der Waals surface area contributed by atoms with E-state index in [2.05, 4.69) is 19.6 Å². The third-order valence-electron chi connectivity index (χ3n) is 14.1. The molecule has 4 aliphatic rings. The molecule has 21 nitrogen and oxygen atoms in total. The van der Waals surface area contributed by atoms with Crippen LogP contribution < -0.4 is 0 Å². The number of carbonyl (C=O) groups excluding carboxylic acids is 6. The summed E-state index contributed by atoms with van der Waals surface area (Å²) in [5, 5.41) is 13.3. The third-order valence-corrected chi connectivity index (χ3v) is 15.8. The molecule has 4 aromatic rings. The summed E-state index contributed by atoms with van der Waals surface area (Å²) in [4.78, 5) is 82.5. The maximum absolute atomic E-state index is 14.8. The van der Waals surface area contributed by atoms with Gasteiger partial charge in [0.15, 0.2) is 43.3 Å². The molecule has 15 atom stereocenters. The lowest BCUT2D eigenvalue weighted by atomic mass is 9.93. The van der Waals surface area contributed by atoms with E-state index < -0.39 is 136 Å². The third kappa shape index (κ3) is 15.9. The summed E-state index contributed by atoms with van der Waals surface area (Å²) in [6, 6.07) is 32.6. The Kier molecular flexibility index (Phi) is 21.3. The van der Waals surface area contributed by atoms with E-state index >= 15 is 0 Å². The Bertz CT molecular complexity index is 2750. The molecule has 0 aromatic heterocycles. The van der Waals surface area contributed by atoms with E-state index in [0.717, 1.165) is 48.4 Å². The quantitative estimate of drug-likeness (QED) is 0.0362. The standard InChI is InChI=1S/C60H73NO20Si/c1-35-49(74-36(2)62)52(54(72-32-42-24-16-11-17-25-42)59(73-35)71-28-29-82(6,7)8)81-58-47(61-56(67)43-26-18-19-27-44(43)57(61)68)48(66)50(45(78-58)33-69-30-40-20-12-9-13-21-40)80-60-55(77-39(5)65)53(76-38(4)64)51(75-37(3)63)46(79-60)34-70-31-41-22-14-10-15-23-41/h9-27,35,45-55,58-60,66H,28-34H2,1-8H3/t35-,45+,46+,47+,48+,49+,50+,51-,52+,53-,54-,55+,58-,59+,60-/m0/s1. The van der Waals surface area contributed by atoms with Gasteiger partial charge in [0.25, 0.3) is 11.8 Å². The number of hydrogen-bond donors (Lipinski definition) is 1. The summed E-state index contributed by atoms with van der Waals surface area (Å²) in [7, 11) is -1.68. The van der Waals surface area contributed by atoms with Gasteiger partial charge in [0.05, 0.1) is 50.3 Å². The number of ether oxygens (including phenoxy) is 13. The maximum atomic E-state index is 14.8. The summed E-state index contributed by atoms with van der Waals surface area (Å²) in [5.74, 6) is -4.87. The molecule has 0 unspecified atom stereocenters. The van der Waals surface area contributed by atoms with Crippen molar-refractivity contribution in [3.8, 4) is 0 Å². The zero-order chi connectivity index (χ0) is 58.7. The topological polar surface area (TPSA) is 246 Å². The van der Waals surface area contributed by atoms with E-state index in [9.17, 15) is 33.9 Å². The minimum atomic E-state index is -2.00. The van der Waals surface area contributed by atoms with Gasteiger partial charge < -0.3 is 66.7 Å². The van der Waals surface area contributed by atoms with Crippen molar-refractivity contribution in [1.29, 1.82) is 0 Å². The first-order chi connectivity index (χ1) is 39.3. The molecule has 442 valence electrons. The Morgan fingerprint density at radius 1 is 0.500 bits per heavy atom. The van der Waals surface area contributed by atoms with Gasteiger partial charge in [0, 0.05) is 42.4 Å². The average Bonchev–Trinajstić information content (AvgIpc) is 3.75. The second-order valence-corrected chi connectivity index (χ2v) is 27.4. The second kappa shape index (κ2) is 28.3. The number of aliphatic hydroxyl groups excluding tert-OH is 1. The van der Waals surface area contributed by atoms with Gasteiger partial charge in [-0.2, -0.15) is 0 Å². The number of fused-ring (bicyclic) bond motifs is 1. The van der Waals surface area contributed by atoms with E-state index in [1.807, 2.05) is 91.0 Å². The largest absolute Gasteiger partial charge is 0.457 e. The Labute approximate surface area is 477 Å². The van der Waals surface area contributed by atoms with Crippen LogP contribution in [0.5, 0.6) is 0 Å². The van der Waals surface area contributed by atoms with Crippen LogP contribution in [0.3, 0.4) is 0 Å². The van der Waals surface area contributed by atoms with Crippen molar-refractivity contribution >= 4 is 43.8 Å². The van der Waals surface area contributed by atoms with Crippen molar-refractivity contribution in [2.75, 3.05) is 19.8 Å². The van der Waals surface area contributed by atoms with Gasteiger partial charge in [-0.3, -0.25) is 33.7 Å². The van der Waals surface area contributed by atoms with Crippen LogP contribution in [0, 0.1) is 0 Å². The van der Waals surface area contributed by atoms with Gasteiger partial charge in [0.2, 0.25) is 0 Å². The first-order valence-corrected chi connectivity index (χ1v) is 31.1. The average molecular weight is 1160 g/mol.